The summed E-state index contributed by atoms with van der Waals surface area (Å²) < 4.78 is 8.77. The normalized spacial score (nSPS) is 16.9. The molecule has 0 bridgehead atoms. The molecular weight excluding hydrogens is 416 g/mol. The molecule has 0 radical (unpaired) electrons. The monoisotopic (exact) mass is 449 g/mol. The van der Waals surface area contributed by atoms with Gasteiger partial charge in [-0.1, -0.05) is 52.0 Å². The van der Waals surface area contributed by atoms with Crippen molar-refractivity contribution in [3.63, 3.8) is 0 Å². The Labute approximate surface area is 201 Å². The second kappa shape index (κ2) is 6.91. The van der Waals surface area contributed by atoms with Gasteiger partial charge in [0.25, 0.3) is 0 Å². The summed E-state index contributed by atoms with van der Waals surface area (Å²) in [6, 6.07) is 13.7. The first-order chi connectivity index (χ1) is 16.1. The van der Waals surface area contributed by atoms with Gasteiger partial charge in [-0.25, -0.2) is 4.57 Å². The molecule has 5 aromatic rings. The third-order valence-electron chi connectivity index (χ3n) is 8.11. The van der Waals surface area contributed by atoms with E-state index in [1.165, 1.54) is 45.7 Å². The zero-order chi connectivity index (χ0) is 24.0. The quantitative estimate of drug-likeness (QED) is 0.247. The zero-order valence-corrected chi connectivity index (χ0v) is 21.3. The molecule has 0 fully saturated rings. The van der Waals surface area contributed by atoms with Crippen LogP contribution in [0.4, 0.5) is 0 Å². The molecule has 0 amide bonds. The lowest BCUT2D eigenvalue weighted by Gasteiger charge is -2.42. The first-order valence-electron chi connectivity index (χ1n) is 12.3. The Balaban J connectivity index is 1.70. The lowest BCUT2D eigenvalue weighted by Crippen LogP contribution is -2.34. The minimum absolute atomic E-state index is 0.144. The van der Waals surface area contributed by atoms with Crippen LogP contribution < -0.4 is 4.57 Å². The van der Waals surface area contributed by atoms with Crippen LogP contribution in [0.3, 0.4) is 0 Å². The van der Waals surface area contributed by atoms with Crippen molar-refractivity contribution in [3.8, 4) is 11.4 Å². The minimum Gasteiger partial charge on any atom is -0.455 e. The van der Waals surface area contributed by atoms with E-state index >= 15 is 0 Å². The van der Waals surface area contributed by atoms with Crippen molar-refractivity contribution < 1.29 is 8.98 Å². The predicted molar refractivity (Wildman–Crippen MR) is 140 cm³/mol. The number of hydrogen-bond donors (Lipinski definition) is 0. The van der Waals surface area contributed by atoms with Crippen molar-refractivity contribution in [3.05, 3.63) is 71.0 Å². The molecule has 0 aliphatic heterocycles. The van der Waals surface area contributed by atoms with E-state index in [-0.39, 0.29) is 10.8 Å². The summed E-state index contributed by atoms with van der Waals surface area (Å²) in [5.74, 6) is 0.928. The summed E-state index contributed by atoms with van der Waals surface area (Å²) in [5.41, 5.74) is 8.58. The largest absolute Gasteiger partial charge is 0.455 e. The molecule has 172 valence electrons. The summed E-state index contributed by atoms with van der Waals surface area (Å²) in [5, 5.41) is 4.95. The van der Waals surface area contributed by atoms with E-state index in [1.54, 1.807) is 0 Å². The summed E-state index contributed by atoms with van der Waals surface area (Å²) >= 11 is 0. The van der Waals surface area contributed by atoms with Crippen molar-refractivity contribution in [2.45, 2.75) is 65.2 Å². The third kappa shape index (κ3) is 2.95. The smallest absolute Gasteiger partial charge is 0.334 e. The number of furan rings is 1. The van der Waals surface area contributed by atoms with Gasteiger partial charge in [0.1, 0.15) is 17.3 Å². The van der Waals surface area contributed by atoms with Gasteiger partial charge in [0.15, 0.2) is 5.58 Å². The maximum atomic E-state index is 6.67. The van der Waals surface area contributed by atoms with Gasteiger partial charge < -0.3 is 4.42 Å². The Hall–Kier alpha value is -3.20. The van der Waals surface area contributed by atoms with Crippen LogP contribution >= 0.6 is 0 Å². The van der Waals surface area contributed by atoms with Gasteiger partial charge in [-0.3, -0.25) is 0 Å². The van der Waals surface area contributed by atoms with Crippen LogP contribution in [0.2, 0.25) is 0 Å². The molecule has 0 saturated heterocycles. The Bertz CT molecular complexity index is 1640. The second-order valence-electron chi connectivity index (χ2n) is 11.6. The topological polar surface area (TPSA) is 29.9 Å². The van der Waals surface area contributed by atoms with Crippen molar-refractivity contribution in [2.24, 2.45) is 7.05 Å². The standard InChI is InChI=1S/C31H33N2O/c1-18-16-32-29(33(7)17-18)26-19(2)8-10-21-23-14-20-9-11-24-27(22(20)15-25(23)34-28(21)26)31(5,6)13-12-30(24,3)4/h8-11,14-17H,12-13H2,1-7H3/q+1. The Kier molecular flexibility index (Phi) is 4.34. The average molecular weight is 450 g/mol. The number of rotatable bonds is 1. The maximum Gasteiger partial charge on any atom is 0.334 e. The molecule has 3 heteroatoms. The number of fused-ring (bicyclic) bond motifs is 6. The van der Waals surface area contributed by atoms with Crippen LogP contribution in [-0.2, 0) is 17.9 Å². The van der Waals surface area contributed by atoms with Crippen LogP contribution in [0, 0.1) is 13.8 Å². The van der Waals surface area contributed by atoms with E-state index in [0.29, 0.717) is 0 Å². The highest BCUT2D eigenvalue weighted by molar-refractivity contribution is 6.13. The Morgan fingerprint density at radius 3 is 2.41 bits per heavy atom. The Morgan fingerprint density at radius 1 is 0.882 bits per heavy atom. The van der Waals surface area contributed by atoms with E-state index in [2.05, 4.69) is 95.8 Å². The highest BCUT2D eigenvalue weighted by atomic mass is 16.3. The van der Waals surface area contributed by atoms with E-state index in [4.69, 9.17) is 9.40 Å². The molecule has 0 unspecified atom stereocenters. The highest BCUT2D eigenvalue weighted by Crippen LogP contribution is 2.49. The zero-order valence-electron chi connectivity index (χ0n) is 21.3. The number of benzene rings is 3. The third-order valence-corrected chi connectivity index (χ3v) is 8.11. The maximum absolute atomic E-state index is 6.67. The first-order valence-corrected chi connectivity index (χ1v) is 12.3. The summed E-state index contributed by atoms with van der Waals surface area (Å²) in [7, 11) is 2.06. The molecule has 2 aromatic heterocycles. The fourth-order valence-electron chi connectivity index (χ4n) is 6.11. The molecule has 2 heterocycles. The predicted octanol–water partition coefficient (Wildman–Crippen LogP) is 7.59. The number of nitrogens with zero attached hydrogens (tertiary/aromatic N) is 2. The fourth-order valence-corrected chi connectivity index (χ4v) is 6.11. The average Bonchev–Trinajstić information content (AvgIpc) is 3.13. The highest BCUT2D eigenvalue weighted by Gasteiger charge is 2.38. The van der Waals surface area contributed by atoms with Gasteiger partial charge in [0, 0.05) is 16.3 Å². The molecule has 6 rings (SSSR count). The van der Waals surface area contributed by atoms with Crippen LogP contribution in [-0.4, -0.2) is 4.98 Å². The van der Waals surface area contributed by atoms with Crippen LogP contribution in [0.1, 0.15) is 62.8 Å². The fraction of sp³-hybridized carbons (Fsp3) is 0.355. The van der Waals surface area contributed by atoms with Crippen LogP contribution in [0.15, 0.2) is 53.2 Å². The molecule has 0 N–H and O–H groups in total. The van der Waals surface area contributed by atoms with E-state index < -0.39 is 0 Å². The number of hydrogen-bond acceptors (Lipinski definition) is 2. The summed E-state index contributed by atoms with van der Waals surface area (Å²) in [6.45, 7) is 13.8. The molecule has 1 aliphatic rings. The van der Waals surface area contributed by atoms with E-state index in [0.717, 1.165) is 33.5 Å². The number of aryl methyl sites for hydroxylation is 3. The second-order valence-corrected chi connectivity index (χ2v) is 11.6. The molecule has 0 atom stereocenters. The van der Waals surface area contributed by atoms with E-state index in [1.807, 2.05) is 6.20 Å². The lowest BCUT2D eigenvalue weighted by molar-refractivity contribution is -0.663. The lowest BCUT2D eigenvalue weighted by atomic mass is 9.62. The van der Waals surface area contributed by atoms with Gasteiger partial charge in [0.2, 0.25) is 0 Å². The van der Waals surface area contributed by atoms with Gasteiger partial charge in [-0.05, 0) is 82.1 Å². The van der Waals surface area contributed by atoms with Gasteiger partial charge in [-0.2, -0.15) is 0 Å². The molecule has 0 spiro atoms. The van der Waals surface area contributed by atoms with Gasteiger partial charge >= 0.3 is 5.82 Å². The Morgan fingerprint density at radius 2 is 1.65 bits per heavy atom. The minimum atomic E-state index is 0.144. The van der Waals surface area contributed by atoms with Crippen molar-refractivity contribution in [1.82, 2.24) is 4.98 Å². The molecule has 1 aliphatic carbocycles. The van der Waals surface area contributed by atoms with Crippen molar-refractivity contribution >= 4 is 32.7 Å². The van der Waals surface area contributed by atoms with Crippen molar-refractivity contribution in [1.29, 1.82) is 0 Å². The van der Waals surface area contributed by atoms with E-state index in [9.17, 15) is 0 Å². The number of aromatic nitrogens is 2. The van der Waals surface area contributed by atoms with Gasteiger partial charge in [0.05, 0.1) is 13.2 Å². The molecule has 3 aromatic carbocycles. The summed E-state index contributed by atoms with van der Waals surface area (Å²) in [4.78, 5) is 4.78. The van der Waals surface area contributed by atoms with Crippen molar-refractivity contribution in [2.75, 3.05) is 0 Å². The van der Waals surface area contributed by atoms with Crippen LogP contribution in [0.25, 0.3) is 44.1 Å². The SMILES string of the molecule is Cc1cnc(-c2c(C)ccc3c2oc2cc4c5c(ccc4cc23)C(C)(C)CCC5(C)C)[n+](C)c1. The first kappa shape index (κ1) is 21.3. The molecule has 3 nitrogen and oxygen atoms in total. The summed E-state index contributed by atoms with van der Waals surface area (Å²) in [6.07, 6.45) is 6.46. The molecule has 34 heavy (non-hydrogen) atoms. The molecule has 0 saturated carbocycles. The van der Waals surface area contributed by atoms with Crippen LogP contribution in [0.5, 0.6) is 0 Å². The van der Waals surface area contributed by atoms with Gasteiger partial charge in [-0.15, -0.1) is 0 Å². The molecular formula is C31H33N2O+.